The Morgan fingerprint density at radius 3 is 1.70 bits per heavy atom. The van der Waals surface area contributed by atoms with Crippen molar-refractivity contribution < 1.29 is 68.4 Å². The number of aliphatic hydroxyl groups excluding tert-OH is 2. The molecule has 1 rings (SSSR count). The van der Waals surface area contributed by atoms with Crippen molar-refractivity contribution in [2.24, 2.45) is 29.2 Å². The Morgan fingerprint density at radius 1 is 0.705 bits per heavy atom. The van der Waals surface area contributed by atoms with E-state index in [0.717, 1.165) is 11.8 Å². The molecule has 1 aliphatic heterocycles. The van der Waals surface area contributed by atoms with Crippen LogP contribution in [0.3, 0.4) is 0 Å². The average Bonchev–Trinajstić information content (AvgIpc) is 3.67. The van der Waals surface area contributed by atoms with E-state index in [0.29, 0.717) is 12.8 Å². The SMILES string of the molecule is CC[C@H](C)[C@H](NC(=O)[C@@H](N)CC(=O)O)C(=O)N[C@H](C(=O)N[C@@H](CC(C)C)C(=O)N[C@H](C(=O)N[C@@H](CCC(N)=O)C(=O)N[C@@H](CO)C(=O)N1CCC[C@H]1C(=O)O)[C@@H](C)O)C(C)C. The van der Waals surface area contributed by atoms with E-state index in [1.54, 1.807) is 41.5 Å². The van der Waals surface area contributed by atoms with Crippen molar-refractivity contribution in [1.29, 1.82) is 0 Å². The van der Waals surface area contributed by atoms with Gasteiger partial charge >= 0.3 is 11.9 Å². The summed E-state index contributed by atoms with van der Waals surface area (Å²) in [6.45, 7) is 10.4. The van der Waals surface area contributed by atoms with Crippen LogP contribution in [0.25, 0.3) is 0 Å². The highest BCUT2D eigenvalue weighted by atomic mass is 16.4. The van der Waals surface area contributed by atoms with Gasteiger partial charge in [-0.15, -0.1) is 0 Å². The Hall–Kier alpha value is -5.42. The lowest BCUT2D eigenvalue weighted by atomic mass is 9.95. The molecule has 1 saturated heterocycles. The van der Waals surface area contributed by atoms with Crippen LogP contribution < -0.4 is 43.4 Å². The fraction of sp³-hybridized carbons (Fsp3) is 0.737. The van der Waals surface area contributed by atoms with Gasteiger partial charge in [0.15, 0.2) is 0 Å². The maximum atomic E-state index is 13.8. The summed E-state index contributed by atoms with van der Waals surface area (Å²) in [7, 11) is 0. The van der Waals surface area contributed by atoms with Crippen molar-refractivity contribution in [3.8, 4) is 0 Å². The van der Waals surface area contributed by atoms with Gasteiger partial charge in [0.1, 0.15) is 42.3 Å². The summed E-state index contributed by atoms with van der Waals surface area (Å²) in [6.07, 6.45) is -2.27. The van der Waals surface area contributed by atoms with Crippen molar-refractivity contribution in [1.82, 2.24) is 36.8 Å². The molecule has 0 saturated carbocycles. The summed E-state index contributed by atoms with van der Waals surface area (Å²) >= 11 is 0. The first-order valence-electron chi connectivity index (χ1n) is 20.3. The van der Waals surface area contributed by atoms with Crippen LogP contribution in [0.1, 0.15) is 93.4 Å². The number of amides is 8. The topological polar surface area (TPSA) is 379 Å². The minimum Gasteiger partial charge on any atom is -0.481 e. The zero-order valence-electron chi connectivity index (χ0n) is 35.8. The lowest BCUT2D eigenvalue weighted by Gasteiger charge is -2.31. The van der Waals surface area contributed by atoms with Gasteiger partial charge in [-0.1, -0.05) is 48.0 Å². The van der Waals surface area contributed by atoms with E-state index in [4.69, 9.17) is 16.6 Å². The van der Waals surface area contributed by atoms with Crippen molar-refractivity contribution in [3.05, 3.63) is 0 Å². The van der Waals surface area contributed by atoms with Crippen LogP contribution in [-0.2, 0) is 47.9 Å². The highest BCUT2D eigenvalue weighted by Crippen LogP contribution is 2.19. The smallest absolute Gasteiger partial charge is 0.326 e. The largest absolute Gasteiger partial charge is 0.481 e. The Morgan fingerprint density at radius 2 is 1.21 bits per heavy atom. The minimum atomic E-state index is -1.77. The molecule has 8 amide bonds. The quantitative estimate of drug-likeness (QED) is 0.0396. The number of hydrogen-bond acceptors (Lipinski definition) is 13. The number of aliphatic hydroxyl groups is 2. The van der Waals surface area contributed by atoms with Crippen molar-refractivity contribution in [2.75, 3.05) is 13.2 Å². The Labute approximate surface area is 354 Å². The number of likely N-dealkylation sites (tertiary alicyclic amines) is 1. The number of nitrogens with one attached hydrogen (secondary N) is 6. The zero-order chi connectivity index (χ0) is 46.9. The van der Waals surface area contributed by atoms with Gasteiger partial charge in [0.05, 0.1) is 25.2 Å². The number of nitrogens with two attached hydrogens (primary N) is 2. The molecule has 1 heterocycles. The van der Waals surface area contributed by atoms with Crippen LogP contribution in [0.4, 0.5) is 0 Å². The predicted molar refractivity (Wildman–Crippen MR) is 215 cm³/mol. The molecular weight excluding hydrogens is 806 g/mol. The molecule has 0 aromatic carbocycles. The van der Waals surface area contributed by atoms with E-state index < -0.39 is 151 Å². The van der Waals surface area contributed by atoms with E-state index in [2.05, 4.69) is 31.9 Å². The molecule has 346 valence electrons. The average molecular weight is 872 g/mol. The molecule has 0 aromatic rings. The summed E-state index contributed by atoms with van der Waals surface area (Å²) in [5.74, 6) is -11.3. The third kappa shape index (κ3) is 17.2. The minimum absolute atomic E-state index is 0.00251. The standard InChI is InChI=1S/C38H65N9O14/c1-8-19(6)29(45-31(53)21(39)15-27(51)52)35(57)44-28(18(4)5)34(56)42-23(14-17(2)3)33(55)46-30(20(7)49)36(58)41-22(11-12-26(40)50)32(54)43-24(16-48)37(59)47-13-9-10-25(47)38(60)61/h17-25,28-30,48-49H,8-16,39H2,1-7H3,(H2,40,50)(H,41,58)(H,42,56)(H,43,54)(H,44,57)(H,45,53)(H,46,55)(H,51,52)(H,60,61)/t19-,20+,21-,22-,23-,24-,25-,28-,29-,30-/m0/s1. The Kier molecular flexibility index (Phi) is 22.3. The van der Waals surface area contributed by atoms with Crippen LogP contribution in [-0.4, -0.2) is 152 Å². The molecule has 1 fully saturated rings. The third-order valence-electron chi connectivity index (χ3n) is 10.1. The van der Waals surface area contributed by atoms with Crippen LogP contribution in [0, 0.1) is 17.8 Å². The molecule has 0 bridgehead atoms. The molecule has 1 aliphatic rings. The number of nitrogens with zero attached hydrogens (tertiary/aromatic N) is 1. The molecule has 0 aliphatic carbocycles. The van der Waals surface area contributed by atoms with Gasteiger partial charge < -0.3 is 68.7 Å². The first-order chi connectivity index (χ1) is 28.4. The molecule has 23 nitrogen and oxygen atoms in total. The number of rotatable bonds is 26. The number of carbonyl (C=O) groups is 10. The molecule has 14 N–H and O–H groups in total. The summed E-state index contributed by atoms with van der Waals surface area (Å²) in [6, 6.07) is -11.5. The fourth-order valence-corrected chi connectivity index (χ4v) is 6.41. The number of hydrogen-bond donors (Lipinski definition) is 12. The molecule has 0 spiro atoms. The second kappa shape index (κ2) is 25.4. The van der Waals surface area contributed by atoms with Crippen LogP contribution in [0.5, 0.6) is 0 Å². The number of primary amides is 1. The molecular formula is C38H65N9O14. The van der Waals surface area contributed by atoms with Gasteiger partial charge in [-0.05, 0) is 50.4 Å². The molecule has 0 unspecified atom stereocenters. The van der Waals surface area contributed by atoms with Crippen LogP contribution >= 0.6 is 0 Å². The Bertz CT molecular complexity index is 1590. The van der Waals surface area contributed by atoms with Gasteiger partial charge in [-0.2, -0.15) is 0 Å². The normalized spacial score (nSPS) is 18.2. The highest BCUT2D eigenvalue weighted by Gasteiger charge is 2.40. The molecule has 61 heavy (non-hydrogen) atoms. The summed E-state index contributed by atoms with van der Waals surface area (Å²) in [5, 5.41) is 53.7. The lowest BCUT2D eigenvalue weighted by Crippen LogP contribution is -2.62. The second-order valence-corrected chi connectivity index (χ2v) is 16.1. The second-order valence-electron chi connectivity index (χ2n) is 16.1. The molecule has 0 aromatic heterocycles. The number of carboxylic acid groups (broad SMARTS) is 2. The number of carboxylic acids is 2. The summed E-state index contributed by atoms with van der Waals surface area (Å²) < 4.78 is 0. The first kappa shape index (κ1) is 53.6. The van der Waals surface area contributed by atoms with E-state index in [1.165, 1.54) is 0 Å². The lowest BCUT2D eigenvalue weighted by molar-refractivity contribution is -0.150. The fourth-order valence-electron chi connectivity index (χ4n) is 6.41. The number of carbonyl (C=O) groups excluding carboxylic acids is 8. The summed E-state index contributed by atoms with van der Waals surface area (Å²) in [5.41, 5.74) is 11.0. The molecule has 10 atom stereocenters. The van der Waals surface area contributed by atoms with Gasteiger partial charge in [0, 0.05) is 13.0 Å². The van der Waals surface area contributed by atoms with Crippen LogP contribution in [0.2, 0.25) is 0 Å². The summed E-state index contributed by atoms with van der Waals surface area (Å²) in [4.78, 5) is 129. The van der Waals surface area contributed by atoms with Gasteiger partial charge in [0.25, 0.3) is 0 Å². The van der Waals surface area contributed by atoms with Gasteiger partial charge in [-0.25, -0.2) is 4.79 Å². The highest BCUT2D eigenvalue weighted by molar-refractivity contribution is 5.98. The maximum absolute atomic E-state index is 13.8. The van der Waals surface area contributed by atoms with Gasteiger partial charge in [0.2, 0.25) is 47.3 Å². The zero-order valence-corrected chi connectivity index (χ0v) is 35.8. The van der Waals surface area contributed by atoms with Gasteiger partial charge in [-0.3, -0.25) is 43.2 Å². The van der Waals surface area contributed by atoms with E-state index in [1.807, 2.05) is 0 Å². The first-order valence-corrected chi connectivity index (χ1v) is 20.3. The van der Waals surface area contributed by atoms with E-state index >= 15 is 0 Å². The van der Waals surface area contributed by atoms with Crippen molar-refractivity contribution in [2.45, 2.75) is 148 Å². The monoisotopic (exact) mass is 871 g/mol. The number of aliphatic carboxylic acids is 2. The van der Waals surface area contributed by atoms with E-state index in [-0.39, 0.29) is 25.3 Å². The van der Waals surface area contributed by atoms with E-state index in [9.17, 15) is 63.3 Å². The van der Waals surface area contributed by atoms with Crippen LogP contribution in [0.15, 0.2) is 0 Å². The van der Waals surface area contributed by atoms with Crippen molar-refractivity contribution in [3.63, 3.8) is 0 Å². The maximum Gasteiger partial charge on any atom is 0.326 e. The third-order valence-corrected chi connectivity index (χ3v) is 10.1. The Balaban J connectivity index is 3.29. The predicted octanol–water partition coefficient (Wildman–Crippen LogP) is -3.84. The molecule has 0 radical (unpaired) electrons. The van der Waals surface area contributed by atoms with Crippen molar-refractivity contribution >= 4 is 59.2 Å². The molecule has 23 heteroatoms.